The smallest absolute Gasteiger partial charge is 0.326 e. The number of carboxylic acids is 1. The van der Waals surface area contributed by atoms with Gasteiger partial charge in [-0.1, -0.05) is 0 Å². The van der Waals surface area contributed by atoms with E-state index < -0.39 is 21.8 Å². The van der Waals surface area contributed by atoms with Crippen molar-refractivity contribution in [3.05, 3.63) is 0 Å². The van der Waals surface area contributed by atoms with E-state index in [1.807, 2.05) is 0 Å². The summed E-state index contributed by atoms with van der Waals surface area (Å²) in [5.41, 5.74) is 0. The van der Waals surface area contributed by atoms with Gasteiger partial charge in [-0.05, 0) is 19.3 Å². The maximum Gasteiger partial charge on any atom is 0.326 e. The van der Waals surface area contributed by atoms with E-state index in [1.54, 1.807) is 0 Å². The number of sulfone groups is 1. The Kier molecular flexibility index (Phi) is 3.90. The molecule has 1 rings (SSSR count). The second-order valence-corrected chi connectivity index (χ2v) is 6.32. The molecule has 0 heterocycles. The maximum atomic E-state index is 11.0. The van der Waals surface area contributed by atoms with E-state index in [0.29, 0.717) is 6.41 Å². The lowest BCUT2D eigenvalue weighted by molar-refractivity contribution is -0.146. The van der Waals surface area contributed by atoms with Gasteiger partial charge in [0.2, 0.25) is 6.41 Å². The Balaban J connectivity index is 2.66. The fraction of sp³-hybridized carbons (Fsp3) is 0.778. The molecule has 7 heteroatoms. The Bertz CT molecular complexity index is 373. The monoisotopic (exact) mass is 249 g/mol. The molecule has 1 atom stereocenters. The zero-order chi connectivity index (χ0) is 12.3. The van der Waals surface area contributed by atoms with E-state index in [-0.39, 0.29) is 18.2 Å². The van der Waals surface area contributed by atoms with Gasteiger partial charge in [-0.25, -0.2) is 13.2 Å². The van der Waals surface area contributed by atoms with Crippen LogP contribution in [0.15, 0.2) is 0 Å². The Morgan fingerprint density at radius 2 is 2.12 bits per heavy atom. The molecule has 1 saturated carbocycles. The molecule has 0 saturated heterocycles. The second kappa shape index (κ2) is 4.82. The zero-order valence-electron chi connectivity index (χ0n) is 9.00. The summed E-state index contributed by atoms with van der Waals surface area (Å²) in [6, 6.07) is -1.06. The number of hydrogen-bond donors (Lipinski definition) is 1. The van der Waals surface area contributed by atoms with Gasteiger partial charge in [0.15, 0.2) is 0 Å². The van der Waals surface area contributed by atoms with E-state index >= 15 is 0 Å². The molecule has 6 nitrogen and oxygen atoms in total. The van der Waals surface area contributed by atoms with Gasteiger partial charge >= 0.3 is 5.97 Å². The summed E-state index contributed by atoms with van der Waals surface area (Å²) >= 11 is 0. The summed E-state index contributed by atoms with van der Waals surface area (Å²) in [6.45, 7) is 0. The van der Waals surface area contributed by atoms with Crippen LogP contribution in [-0.4, -0.2) is 54.9 Å². The van der Waals surface area contributed by atoms with Crippen molar-refractivity contribution in [2.24, 2.45) is 0 Å². The molecule has 0 radical (unpaired) electrons. The minimum atomic E-state index is -3.21. The summed E-state index contributed by atoms with van der Waals surface area (Å²) in [5, 5.41) is 8.95. The van der Waals surface area contributed by atoms with Crippen molar-refractivity contribution in [2.45, 2.75) is 31.3 Å². The number of nitrogens with zero attached hydrogens (tertiary/aromatic N) is 1. The van der Waals surface area contributed by atoms with Crippen molar-refractivity contribution in [2.75, 3.05) is 12.0 Å². The highest BCUT2D eigenvalue weighted by Crippen LogP contribution is 2.28. The van der Waals surface area contributed by atoms with Gasteiger partial charge in [0.05, 0.1) is 5.75 Å². The van der Waals surface area contributed by atoms with Crippen LogP contribution in [0.2, 0.25) is 0 Å². The highest BCUT2D eigenvalue weighted by atomic mass is 32.2. The molecule has 0 aromatic carbocycles. The molecule has 16 heavy (non-hydrogen) atoms. The third kappa shape index (κ3) is 3.80. The van der Waals surface area contributed by atoms with Crippen LogP contribution < -0.4 is 0 Å². The molecule has 0 bridgehead atoms. The van der Waals surface area contributed by atoms with E-state index in [4.69, 9.17) is 5.11 Å². The average molecular weight is 249 g/mol. The highest BCUT2D eigenvalue weighted by Gasteiger charge is 2.36. The Morgan fingerprint density at radius 1 is 1.56 bits per heavy atom. The Morgan fingerprint density at radius 3 is 2.44 bits per heavy atom. The number of rotatable bonds is 7. The topological polar surface area (TPSA) is 91.8 Å². The predicted octanol–water partition coefficient (Wildman–Crippen LogP) is -0.505. The van der Waals surface area contributed by atoms with E-state index in [2.05, 4.69) is 0 Å². The molecule has 1 aliphatic carbocycles. The number of carboxylic acid groups (broad SMARTS) is 1. The number of aliphatic carboxylic acids is 1. The molecule has 1 amide bonds. The van der Waals surface area contributed by atoms with Crippen molar-refractivity contribution in [1.82, 2.24) is 4.90 Å². The van der Waals surface area contributed by atoms with Crippen molar-refractivity contribution in [3.63, 3.8) is 0 Å². The largest absolute Gasteiger partial charge is 0.480 e. The molecule has 92 valence electrons. The van der Waals surface area contributed by atoms with Gasteiger partial charge in [-0.2, -0.15) is 0 Å². The van der Waals surface area contributed by atoms with Crippen molar-refractivity contribution in [3.8, 4) is 0 Å². The normalized spacial score (nSPS) is 17.8. The molecule has 0 aromatic heterocycles. The first kappa shape index (κ1) is 13.0. The van der Waals surface area contributed by atoms with Gasteiger partial charge < -0.3 is 10.0 Å². The summed E-state index contributed by atoms with van der Waals surface area (Å²) in [7, 11) is -3.21. The van der Waals surface area contributed by atoms with Crippen LogP contribution in [-0.2, 0) is 19.4 Å². The van der Waals surface area contributed by atoms with Crippen LogP contribution in [0.5, 0.6) is 0 Å². The molecular formula is C9H15NO5S. The van der Waals surface area contributed by atoms with Crippen LogP contribution in [0, 0.1) is 0 Å². The fourth-order valence-electron chi connectivity index (χ4n) is 1.51. The molecule has 0 aromatic rings. The van der Waals surface area contributed by atoms with E-state index in [1.165, 1.54) is 4.90 Å². The lowest BCUT2D eigenvalue weighted by Gasteiger charge is -2.24. The predicted molar refractivity (Wildman–Crippen MR) is 56.7 cm³/mol. The first-order valence-corrected chi connectivity index (χ1v) is 7.04. The first-order valence-electron chi connectivity index (χ1n) is 4.98. The Labute approximate surface area is 94.2 Å². The second-order valence-electron chi connectivity index (χ2n) is 4.06. The average Bonchev–Trinajstić information content (AvgIpc) is 2.93. The molecular weight excluding hydrogens is 234 g/mol. The van der Waals surface area contributed by atoms with Gasteiger partial charge in [0.25, 0.3) is 0 Å². The number of carbonyl (C=O) groups excluding carboxylic acids is 1. The number of amides is 1. The van der Waals surface area contributed by atoms with Crippen LogP contribution in [0.1, 0.15) is 19.3 Å². The quantitative estimate of drug-likeness (QED) is 0.614. The highest BCUT2D eigenvalue weighted by molar-refractivity contribution is 7.90. The lowest BCUT2D eigenvalue weighted by Crippen LogP contribution is -2.42. The fourth-order valence-corrected chi connectivity index (χ4v) is 2.16. The van der Waals surface area contributed by atoms with Crippen LogP contribution >= 0.6 is 0 Å². The van der Waals surface area contributed by atoms with Crippen molar-refractivity contribution >= 4 is 22.2 Å². The zero-order valence-corrected chi connectivity index (χ0v) is 9.81. The third-order valence-corrected chi connectivity index (χ3v) is 3.47. The van der Waals surface area contributed by atoms with Crippen LogP contribution in [0.4, 0.5) is 0 Å². The third-order valence-electron chi connectivity index (χ3n) is 2.50. The summed E-state index contributed by atoms with van der Waals surface area (Å²) in [5.74, 6) is -1.37. The SMILES string of the molecule is CS(=O)(=O)CCC(C(=O)O)N(C=O)C1CC1. The lowest BCUT2D eigenvalue weighted by atomic mass is 10.2. The van der Waals surface area contributed by atoms with Gasteiger partial charge in [-0.3, -0.25) is 4.79 Å². The standard InChI is InChI=1S/C9H15NO5S/c1-16(14,15)5-4-8(9(12)13)10(6-11)7-2-3-7/h6-8H,2-5H2,1H3,(H,12,13). The summed E-state index contributed by atoms with van der Waals surface area (Å²) in [4.78, 5) is 22.9. The van der Waals surface area contributed by atoms with Crippen molar-refractivity contribution in [1.29, 1.82) is 0 Å². The van der Waals surface area contributed by atoms with Crippen LogP contribution in [0.3, 0.4) is 0 Å². The number of carbonyl (C=O) groups is 2. The van der Waals surface area contributed by atoms with Crippen molar-refractivity contribution < 1.29 is 23.1 Å². The molecule has 0 spiro atoms. The van der Waals surface area contributed by atoms with Gasteiger partial charge in [0.1, 0.15) is 15.9 Å². The summed E-state index contributed by atoms with van der Waals surface area (Å²) < 4.78 is 21.9. The molecule has 1 aliphatic rings. The van der Waals surface area contributed by atoms with Gasteiger partial charge in [-0.15, -0.1) is 0 Å². The molecule has 0 aliphatic heterocycles. The molecule has 1 N–H and O–H groups in total. The molecule has 1 unspecified atom stereocenters. The van der Waals surface area contributed by atoms with Gasteiger partial charge in [0, 0.05) is 12.3 Å². The number of hydrogen-bond acceptors (Lipinski definition) is 4. The van der Waals surface area contributed by atoms with E-state index in [0.717, 1.165) is 19.1 Å². The molecule has 1 fully saturated rings. The first-order chi connectivity index (χ1) is 7.35. The minimum Gasteiger partial charge on any atom is -0.480 e. The maximum absolute atomic E-state index is 11.0. The van der Waals surface area contributed by atoms with E-state index in [9.17, 15) is 18.0 Å². The Hall–Kier alpha value is -1.11. The minimum absolute atomic E-state index is 0.0295. The van der Waals surface area contributed by atoms with Crippen LogP contribution in [0.25, 0.3) is 0 Å². The summed E-state index contributed by atoms with van der Waals surface area (Å²) in [6.07, 6.45) is 3.08.